The molecule has 89 heavy (non-hydrogen) atoms. The summed E-state index contributed by atoms with van der Waals surface area (Å²) in [6.45, 7) is 16.4. The third-order valence-corrected chi connectivity index (χ3v) is 16.4. The first-order chi connectivity index (χ1) is 41.4. The smallest absolute Gasteiger partial charge is 0.329 e. The van der Waals surface area contributed by atoms with Crippen LogP contribution in [0.15, 0.2) is 21.3 Å². The van der Waals surface area contributed by atoms with Crippen LogP contribution in [0.3, 0.4) is 0 Å². The number of nitrogens with one attached hydrogen (secondary N) is 4. The van der Waals surface area contributed by atoms with E-state index in [-0.39, 0.29) is 34.4 Å². The molecule has 6 rings (SSSR count). The number of fused-ring (bicyclic) bond motifs is 3. The minimum atomic E-state index is -1.96. The van der Waals surface area contributed by atoms with Gasteiger partial charge in [0.1, 0.15) is 65.7 Å². The highest BCUT2D eigenvalue weighted by Gasteiger charge is 2.47. The maximum atomic E-state index is 15.1. The molecule has 0 radical (unpaired) electrons. The number of nitrogens with two attached hydrogens (primary N) is 1. The molecular weight excluding hydrogens is 1160 g/mol. The fraction of sp³-hybridized carbons (Fsp3) is 0.583. The van der Waals surface area contributed by atoms with Crippen molar-refractivity contribution in [2.24, 2.45) is 23.7 Å². The molecule has 10 amide bonds. The second-order valence-corrected chi connectivity index (χ2v) is 24.6. The van der Waals surface area contributed by atoms with Gasteiger partial charge in [-0.3, -0.25) is 57.5 Å². The maximum absolute atomic E-state index is 15.1. The molecule has 29 heteroatoms. The lowest BCUT2D eigenvalue weighted by Gasteiger charge is -2.35. The summed E-state index contributed by atoms with van der Waals surface area (Å²) < 4.78 is 18.2. The number of ketones is 1. The van der Waals surface area contributed by atoms with Crippen LogP contribution in [0, 0.1) is 37.5 Å². The van der Waals surface area contributed by atoms with Crippen LogP contribution >= 0.6 is 0 Å². The summed E-state index contributed by atoms with van der Waals surface area (Å²) in [6, 6.07) is -7.75. The van der Waals surface area contributed by atoms with Gasteiger partial charge in [-0.25, -0.2) is 14.6 Å². The standard InChI is InChI=1S/C60H82N12O17/c1-25(2)41-57(83)69(15)22-36(74)67(13)23-37(75)70(16)47(27(5)6)59(85)87-31(11)43(54(80)63-41)65-52(78)34-19-18-29(9)50-45(34)62-46-39(40(61)49(77)30(10)51(46)89-50)53(79)66-44-32(12)88-60(86)48(28(7)8)71(17)38(76)24-68(14)56(82)35-20-33(73)21-72(35)58(84)42(26(3)4)64-55(44)81/h18-19,25-28,31-32,35,41-44,47-48H,20-24,61H2,1-17H3,(H,63,80)(H,64,81)(H,65,78)(H,66,79)/t31-,32-,35+,41?,42-,43?,44+,47?,48+/m1/s1. The van der Waals surface area contributed by atoms with Crippen molar-refractivity contribution in [1.82, 2.24) is 55.7 Å². The number of amides is 10. The summed E-state index contributed by atoms with van der Waals surface area (Å²) in [4.78, 5) is 209. The first kappa shape index (κ1) is 69.1. The summed E-state index contributed by atoms with van der Waals surface area (Å²) in [5.41, 5.74) is 3.24. The van der Waals surface area contributed by atoms with Crippen LogP contribution in [0.25, 0.3) is 22.6 Å². The van der Waals surface area contributed by atoms with Gasteiger partial charge < -0.3 is 70.3 Å². The Hall–Kier alpha value is -9.05. The van der Waals surface area contributed by atoms with Crippen molar-refractivity contribution >= 4 is 93.6 Å². The van der Waals surface area contributed by atoms with E-state index in [0.29, 0.717) is 5.56 Å². The largest absolute Gasteiger partial charge is 0.458 e. The number of nitrogen functional groups attached to an aromatic ring is 1. The van der Waals surface area contributed by atoms with Gasteiger partial charge in [0.15, 0.2) is 17.1 Å². The highest BCUT2D eigenvalue weighted by atomic mass is 16.6. The van der Waals surface area contributed by atoms with Crippen molar-refractivity contribution in [2.75, 3.05) is 67.2 Å². The topological polar surface area (TPSA) is 377 Å². The number of benzene rings is 2. The Morgan fingerprint density at radius 2 is 1.07 bits per heavy atom. The average Bonchev–Trinajstić information content (AvgIpc) is 1.64. The number of hydrogen-bond donors (Lipinski definition) is 5. The Kier molecular flexibility index (Phi) is 21.4. The number of nitrogens with zero attached hydrogens (tertiary/aromatic N) is 7. The second kappa shape index (κ2) is 27.6. The first-order valence-corrected chi connectivity index (χ1v) is 29.3. The minimum absolute atomic E-state index is 0.104. The molecule has 4 heterocycles. The quantitative estimate of drug-likeness (QED) is 0.106. The van der Waals surface area contributed by atoms with Crippen LogP contribution in [0.2, 0.25) is 0 Å². The zero-order valence-corrected chi connectivity index (χ0v) is 53.3. The molecule has 3 saturated heterocycles. The van der Waals surface area contributed by atoms with E-state index in [1.54, 1.807) is 62.3 Å². The Morgan fingerprint density at radius 3 is 1.56 bits per heavy atom. The second-order valence-electron chi connectivity index (χ2n) is 24.6. The van der Waals surface area contributed by atoms with Gasteiger partial charge in [-0.15, -0.1) is 0 Å². The Morgan fingerprint density at radius 1 is 0.607 bits per heavy atom. The molecule has 29 nitrogen and oxygen atoms in total. The minimum Gasteiger partial charge on any atom is -0.458 e. The molecule has 3 unspecified atom stereocenters. The van der Waals surface area contributed by atoms with E-state index < -0.39 is 204 Å². The summed E-state index contributed by atoms with van der Waals surface area (Å²) in [5, 5.41) is 10.4. The first-order valence-electron chi connectivity index (χ1n) is 29.3. The fourth-order valence-electron chi connectivity index (χ4n) is 11.1. The highest BCUT2D eigenvalue weighted by molar-refractivity contribution is 6.11. The van der Waals surface area contributed by atoms with Crippen LogP contribution in [-0.4, -0.2) is 227 Å². The molecule has 6 N–H and O–H groups in total. The normalized spacial score (nSPS) is 25.0. The van der Waals surface area contributed by atoms with E-state index in [4.69, 9.17) is 24.6 Å². The lowest BCUT2D eigenvalue weighted by molar-refractivity contribution is -0.163. The number of Topliss-reactive ketones (excluding diaryl/α,β-unsaturated/α-hetero) is 1. The number of ether oxygens (including phenoxy) is 2. The Bertz CT molecular complexity index is 3410. The van der Waals surface area contributed by atoms with Crippen LogP contribution < -0.4 is 32.4 Å². The number of hydrogen-bond acceptors (Lipinski definition) is 19. The molecule has 9 atom stereocenters. The van der Waals surface area contributed by atoms with Gasteiger partial charge in [0.2, 0.25) is 52.7 Å². The average molecular weight is 1240 g/mol. The number of carbonyl (C=O) groups excluding carboxylic acids is 13. The van der Waals surface area contributed by atoms with Gasteiger partial charge in [0.05, 0.1) is 43.0 Å². The van der Waals surface area contributed by atoms with E-state index in [1.165, 1.54) is 68.1 Å². The molecule has 1 aromatic rings. The lowest BCUT2D eigenvalue weighted by Crippen LogP contribution is -2.61. The van der Waals surface area contributed by atoms with Crippen molar-refractivity contribution in [3.63, 3.8) is 0 Å². The fourth-order valence-corrected chi connectivity index (χ4v) is 11.1. The lowest BCUT2D eigenvalue weighted by atomic mass is 9.98. The van der Waals surface area contributed by atoms with Gasteiger partial charge >= 0.3 is 11.9 Å². The molecule has 0 saturated carbocycles. The number of aryl methyl sites for hydroxylation is 1. The van der Waals surface area contributed by atoms with E-state index >= 15 is 4.79 Å². The van der Waals surface area contributed by atoms with Gasteiger partial charge in [-0.05, 0) is 63.0 Å². The number of likely N-dealkylation sites (N-methyl/N-ethyl adjacent to an activating group) is 5. The van der Waals surface area contributed by atoms with E-state index in [1.807, 2.05) is 0 Å². The number of cyclic esters (lactones) is 2. The third-order valence-electron chi connectivity index (χ3n) is 16.4. The van der Waals surface area contributed by atoms with Crippen molar-refractivity contribution in [3.05, 3.63) is 44.6 Å². The van der Waals surface area contributed by atoms with Gasteiger partial charge in [0, 0.05) is 47.2 Å². The summed E-state index contributed by atoms with van der Waals surface area (Å²) in [7, 11) is 6.66. The predicted octanol–water partition coefficient (Wildman–Crippen LogP) is -0.628. The van der Waals surface area contributed by atoms with Gasteiger partial charge in [-0.2, -0.15) is 0 Å². The number of aromatic nitrogens is 1. The Labute approximate surface area is 514 Å². The number of esters is 2. The van der Waals surface area contributed by atoms with Crippen molar-refractivity contribution in [1.29, 1.82) is 0 Å². The molecule has 0 spiro atoms. The molecule has 1 aromatic carbocycles. The predicted molar refractivity (Wildman–Crippen MR) is 319 cm³/mol. The van der Waals surface area contributed by atoms with Crippen molar-refractivity contribution in [3.8, 4) is 11.5 Å². The van der Waals surface area contributed by atoms with Gasteiger partial charge in [-0.1, -0.05) is 61.5 Å². The maximum Gasteiger partial charge on any atom is 0.329 e. The number of rotatable bonds is 8. The summed E-state index contributed by atoms with van der Waals surface area (Å²) in [6.07, 6.45) is -3.56. The third kappa shape index (κ3) is 14.4. The highest BCUT2D eigenvalue weighted by Crippen LogP contribution is 2.35. The van der Waals surface area contributed by atoms with Crippen LogP contribution in [0.5, 0.6) is 0 Å². The summed E-state index contributed by atoms with van der Waals surface area (Å²) in [5.74, 6) is -14.1. The molecular formula is C60H82N12O17. The van der Waals surface area contributed by atoms with E-state index in [2.05, 4.69) is 21.3 Å². The molecule has 0 aromatic heterocycles. The SMILES string of the molecule is Cc1c2oc3c(C)ccc(C(=O)NC4C(=O)NC(C(C)C)C(=O)N(C)CC(=O)N(C)CC(=O)N(C)C(C(C)C)C(=O)O[C@@H]4C)c3nc-2c(C(=O)N[C@@H]2C(=O)N[C@H](C(C)C)C(=O)N3CC(=O)C[C@H]3C(=O)N(C)CC(=O)N(C)[C@@H](C(C)C)C(=O)O[C@@H]2C)c(N)c1=O. The molecule has 484 valence electrons. The molecule has 4 aliphatic heterocycles. The molecule has 5 aliphatic rings. The molecule has 1 aliphatic carbocycles. The van der Waals surface area contributed by atoms with Crippen LogP contribution in [0.1, 0.15) is 108 Å². The van der Waals surface area contributed by atoms with Gasteiger partial charge in [0.25, 0.3) is 11.8 Å². The number of anilines is 1. The zero-order chi connectivity index (χ0) is 66.9. The van der Waals surface area contributed by atoms with Crippen molar-refractivity contribution < 1.29 is 76.2 Å². The zero-order valence-electron chi connectivity index (χ0n) is 53.3. The monoisotopic (exact) mass is 1240 g/mol. The van der Waals surface area contributed by atoms with E-state index in [9.17, 15) is 62.3 Å². The Balaban J connectivity index is 1.48. The summed E-state index contributed by atoms with van der Waals surface area (Å²) >= 11 is 0. The number of carbonyl (C=O) groups is 13. The van der Waals surface area contributed by atoms with Crippen LogP contribution in [-0.2, 0) is 62.2 Å². The molecule has 3 fully saturated rings. The van der Waals surface area contributed by atoms with E-state index in [0.717, 1.165) is 29.4 Å². The van der Waals surface area contributed by atoms with Crippen molar-refractivity contribution in [2.45, 2.75) is 144 Å². The molecule has 0 bridgehead atoms. The van der Waals surface area contributed by atoms with Crippen LogP contribution in [0.4, 0.5) is 5.69 Å².